The van der Waals surface area contributed by atoms with E-state index < -0.39 is 10.7 Å². The summed E-state index contributed by atoms with van der Waals surface area (Å²) < 4.78 is 14.0. The molecule has 112 valence electrons. The van der Waals surface area contributed by atoms with Gasteiger partial charge in [-0.15, -0.1) is 0 Å². The molecule has 2 fully saturated rings. The molecule has 0 radical (unpaired) electrons. The van der Waals surface area contributed by atoms with Gasteiger partial charge >= 0.3 is 0 Å². The summed E-state index contributed by atoms with van der Waals surface area (Å²) in [7, 11) is 0. The maximum atomic E-state index is 14.0. The van der Waals surface area contributed by atoms with Crippen LogP contribution in [-0.4, -0.2) is 33.9 Å². The van der Waals surface area contributed by atoms with Gasteiger partial charge in [0.25, 0.3) is 11.6 Å². The predicted octanol–water partition coefficient (Wildman–Crippen LogP) is 1.83. The Morgan fingerprint density at radius 2 is 1.95 bits per heavy atom. The van der Waals surface area contributed by atoms with Crippen molar-refractivity contribution in [3.05, 3.63) is 39.7 Å². The number of hydrogen-bond donors (Lipinski definition) is 1. The predicted molar refractivity (Wildman–Crippen MR) is 73.2 cm³/mol. The lowest BCUT2D eigenvalue weighted by atomic mass is 9.97. The van der Waals surface area contributed by atoms with Gasteiger partial charge in [-0.3, -0.25) is 14.9 Å². The van der Waals surface area contributed by atoms with Crippen molar-refractivity contribution in [2.45, 2.75) is 43.8 Å². The van der Waals surface area contributed by atoms with Crippen molar-refractivity contribution in [3.63, 3.8) is 0 Å². The fraction of sp³-hybridized carbons (Fsp3) is 0.500. The van der Waals surface area contributed by atoms with Gasteiger partial charge in [-0.25, -0.2) is 4.39 Å². The first-order valence-electron chi connectivity index (χ1n) is 6.99. The molecule has 7 heteroatoms. The zero-order chi connectivity index (χ0) is 15.1. The van der Waals surface area contributed by atoms with Crippen molar-refractivity contribution < 1.29 is 14.1 Å². The van der Waals surface area contributed by atoms with E-state index >= 15 is 0 Å². The number of amides is 1. The summed E-state index contributed by atoms with van der Waals surface area (Å²) in [4.78, 5) is 24.2. The van der Waals surface area contributed by atoms with Crippen LogP contribution in [0.25, 0.3) is 0 Å². The van der Waals surface area contributed by atoms with Crippen molar-refractivity contribution in [3.8, 4) is 0 Å². The number of carbonyl (C=O) groups is 1. The van der Waals surface area contributed by atoms with E-state index in [4.69, 9.17) is 5.73 Å². The third kappa shape index (κ3) is 2.37. The highest BCUT2D eigenvalue weighted by Crippen LogP contribution is 2.36. The number of nitrogens with zero attached hydrogens (tertiary/aromatic N) is 2. The van der Waals surface area contributed by atoms with Crippen LogP contribution in [-0.2, 0) is 0 Å². The van der Waals surface area contributed by atoms with E-state index in [0.717, 1.165) is 37.8 Å². The lowest BCUT2D eigenvalue weighted by Crippen LogP contribution is -2.50. The summed E-state index contributed by atoms with van der Waals surface area (Å²) in [5.41, 5.74) is 5.49. The molecular formula is C14H16FN3O3. The third-order valence-electron chi connectivity index (χ3n) is 4.40. The van der Waals surface area contributed by atoms with E-state index in [-0.39, 0.29) is 35.3 Å². The number of fused-ring (bicyclic) bond motifs is 2. The van der Waals surface area contributed by atoms with Gasteiger partial charge in [0, 0.05) is 24.2 Å². The van der Waals surface area contributed by atoms with Crippen LogP contribution < -0.4 is 5.73 Å². The Balaban J connectivity index is 1.88. The largest absolute Gasteiger partial charge is 0.332 e. The number of benzene rings is 1. The van der Waals surface area contributed by atoms with E-state index in [1.54, 1.807) is 4.90 Å². The Hall–Kier alpha value is -2.02. The van der Waals surface area contributed by atoms with Crippen LogP contribution >= 0.6 is 0 Å². The van der Waals surface area contributed by atoms with Gasteiger partial charge in [-0.1, -0.05) is 0 Å². The molecule has 3 rings (SSSR count). The lowest BCUT2D eigenvalue weighted by molar-refractivity contribution is -0.385. The number of piperidine rings is 1. The van der Waals surface area contributed by atoms with Crippen LogP contribution in [0.15, 0.2) is 18.2 Å². The smallest absolute Gasteiger partial charge is 0.272 e. The van der Waals surface area contributed by atoms with Crippen LogP contribution in [0.2, 0.25) is 0 Å². The van der Waals surface area contributed by atoms with E-state index in [1.807, 2.05) is 0 Å². The minimum atomic E-state index is -0.844. The fourth-order valence-corrected chi connectivity index (χ4v) is 3.48. The Morgan fingerprint density at radius 1 is 1.33 bits per heavy atom. The van der Waals surface area contributed by atoms with E-state index in [0.29, 0.717) is 0 Å². The van der Waals surface area contributed by atoms with Gasteiger partial charge in [-0.05, 0) is 31.7 Å². The summed E-state index contributed by atoms with van der Waals surface area (Å²) in [6.07, 6.45) is 3.24. The average Bonchev–Trinajstić information content (AvgIpc) is 2.70. The molecule has 2 aliphatic rings. The van der Waals surface area contributed by atoms with Gasteiger partial charge < -0.3 is 10.6 Å². The molecule has 0 saturated carbocycles. The van der Waals surface area contributed by atoms with Gasteiger partial charge in [0.05, 0.1) is 16.6 Å². The molecule has 0 aliphatic carbocycles. The van der Waals surface area contributed by atoms with Crippen LogP contribution in [0.3, 0.4) is 0 Å². The van der Waals surface area contributed by atoms with Crippen molar-refractivity contribution in [2.24, 2.45) is 5.73 Å². The molecule has 2 aliphatic heterocycles. The van der Waals surface area contributed by atoms with E-state index in [2.05, 4.69) is 0 Å². The molecule has 0 aromatic heterocycles. The molecule has 21 heavy (non-hydrogen) atoms. The SMILES string of the molecule is NC1CC2CCC(C1)N2C(=O)c1ccc([N+](=O)[O-])cc1F. The number of nitro groups is 1. The number of rotatable bonds is 2. The first-order valence-corrected chi connectivity index (χ1v) is 6.99. The molecule has 0 spiro atoms. The fourth-order valence-electron chi connectivity index (χ4n) is 3.48. The summed E-state index contributed by atoms with van der Waals surface area (Å²) >= 11 is 0. The average molecular weight is 293 g/mol. The normalized spacial score (nSPS) is 27.7. The maximum absolute atomic E-state index is 14.0. The Labute approximate surface area is 120 Å². The standard InChI is InChI=1S/C14H16FN3O3/c15-13-7-11(18(20)21)3-4-12(13)14(19)17-9-1-2-10(17)6-8(16)5-9/h3-4,7-10H,1-2,5-6,16H2. The summed E-state index contributed by atoms with van der Waals surface area (Å²) in [6, 6.07) is 3.36. The number of hydrogen-bond acceptors (Lipinski definition) is 4. The third-order valence-corrected chi connectivity index (χ3v) is 4.40. The summed E-state index contributed by atoms with van der Waals surface area (Å²) in [6.45, 7) is 0. The molecule has 2 bridgehead atoms. The molecule has 1 aromatic carbocycles. The van der Waals surface area contributed by atoms with Gasteiger partial charge in [-0.2, -0.15) is 0 Å². The minimum absolute atomic E-state index is 0.0563. The monoisotopic (exact) mass is 293 g/mol. The van der Waals surface area contributed by atoms with Crippen molar-refractivity contribution in [2.75, 3.05) is 0 Å². The summed E-state index contributed by atoms with van der Waals surface area (Å²) in [5, 5.41) is 10.6. The highest BCUT2D eigenvalue weighted by Gasteiger charge is 2.43. The Morgan fingerprint density at radius 3 is 2.48 bits per heavy atom. The lowest BCUT2D eigenvalue weighted by Gasteiger charge is -2.37. The zero-order valence-corrected chi connectivity index (χ0v) is 11.4. The van der Waals surface area contributed by atoms with Gasteiger partial charge in [0.15, 0.2) is 0 Å². The van der Waals surface area contributed by atoms with Crippen molar-refractivity contribution in [1.29, 1.82) is 0 Å². The molecule has 2 N–H and O–H groups in total. The maximum Gasteiger partial charge on any atom is 0.272 e. The molecule has 1 amide bonds. The molecule has 2 atom stereocenters. The molecule has 1 aromatic rings. The topological polar surface area (TPSA) is 89.5 Å². The second-order valence-electron chi connectivity index (χ2n) is 5.75. The van der Waals surface area contributed by atoms with Gasteiger partial charge in [0.1, 0.15) is 5.82 Å². The molecule has 6 nitrogen and oxygen atoms in total. The number of nitro benzene ring substituents is 1. The van der Waals surface area contributed by atoms with Crippen LogP contribution in [0.1, 0.15) is 36.0 Å². The second-order valence-corrected chi connectivity index (χ2v) is 5.75. The second kappa shape index (κ2) is 5.07. The minimum Gasteiger partial charge on any atom is -0.332 e. The zero-order valence-electron chi connectivity index (χ0n) is 11.4. The molecule has 2 heterocycles. The Kier molecular flexibility index (Phi) is 3.36. The highest BCUT2D eigenvalue weighted by molar-refractivity contribution is 5.95. The van der Waals surface area contributed by atoms with Crippen molar-refractivity contribution >= 4 is 11.6 Å². The van der Waals surface area contributed by atoms with Crippen LogP contribution in [0, 0.1) is 15.9 Å². The van der Waals surface area contributed by atoms with E-state index in [9.17, 15) is 19.3 Å². The number of non-ortho nitro benzene ring substituents is 1. The highest BCUT2D eigenvalue weighted by atomic mass is 19.1. The number of carbonyl (C=O) groups excluding carboxylic acids is 1. The van der Waals surface area contributed by atoms with Crippen molar-refractivity contribution in [1.82, 2.24) is 4.90 Å². The number of halogens is 1. The Bertz CT molecular complexity index is 593. The van der Waals surface area contributed by atoms with Crippen LogP contribution in [0.4, 0.5) is 10.1 Å². The summed E-state index contributed by atoms with van der Waals surface area (Å²) in [5.74, 6) is -1.23. The van der Waals surface area contributed by atoms with Crippen LogP contribution in [0.5, 0.6) is 0 Å². The first-order chi connectivity index (χ1) is 9.97. The van der Waals surface area contributed by atoms with E-state index in [1.165, 1.54) is 6.07 Å². The molecule has 2 saturated heterocycles. The molecular weight excluding hydrogens is 277 g/mol. The molecule has 2 unspecified atom stereocenters. The number of nitrogens with two attached hydrogens (primary N) is 1. The quantitative estimate of drug-likeness (QED) is 0.665. The first kappa shape index (κ1) is 13.9. The van der Waals surface area contributed by atoms with Gasteiger partial charge in [0.2, 0.25) is 0 Å².